The lowest BCUT2D eigenvalue weighted by Crippen LogP contribution is -2.38. The highest BCUT2D eigenvalue weighted by Gasteiger charge is 2.25. The summed E-state index contributed by atoms with van der Waals surface area (Å²) in [6.07, 6.45) is 1.78. The first-order chi connectivity index (χ1) is 14.9. The molecule has 2 atom stereocenters. The normalized spacial score (nSPS) is 16.8. The largest absolute Gasteiger partial charge is 0.489 e. The molecule has 0 radical (unpaired) electrons. The monoisotopic (exact) mass is 437 g/mol. The van der Waals surface area contributed by atoms with Gasteiger partial charge in [-0.1, -0.05) is 54.6 Å². The fourth-order valence-corrected chi connectivity index (χ4v) is 4.83. The minimum atomic E-state index is -3.84. The van der Waals surface area contributed by atoms with Crippen LogP contribution >= 0.6 is 0 Å². The number of hydrogen-bond donors (Lipinski definition) is 2. The van der Waals surface area contributed by atoms with E-state index in [9.17, 15) is 8.42 Å². The van der Waals surface area contributed by atoms with Crippen LogP contribution in [0.25, 0.3) is 0 Å². The van der Waals surface area contributed by atoms with Crippen molar-refractivity contribution < 1.29 is 13.2 Å². The van der Waals surface area contributed by atoms with Crippen LogP contribution in [-0.4, -0.2) is 21.1 Å². The van der Waals surface area contributed by atoms with Crippen molar-refractivity contribution in [2.45, 2.75) is 36.8 Å². The second-order valence-electron chi connectivity index (χ2n) is 7.73. The average Bonchev–Trinajstić information content (AvgIpc) is 2.82. The van der Waals surface area contributed by atoms with Crippen LogP contribution in [0.2, 0.25) is 0 Å². The molecule has 0 amide bonds. The van der Waals surface area contributed by atoms with Gasteiger partial charge in [0.1, 0.15) is 11.9 Å². The van der Waals surface area contributed by atoms with Crippen LogP contribution in [0.4, 0.5) is 5.69 Å². The molecule has 31 heavy (non-hydrogen) atoms. The predicted octanol–water partition coefficient (Wildman–Crippen LogP) is 3.80. The van der Waals surface area contributed by atoms with E-state index >= 15 is 0 Å². The SMILES string of the molecule is C[C@@H](NC[C@@H]1CCc2ccc(N(N)S(=O)(=O)c3ccccc3)cc2O1)c1ccccc1. The molecule has 0 spiro atoms. The summed E-state index contributed by atoms with van der Waals surface area (Å²) in [4.78, 5) is 0.146. The van der Waals surface area contributed by atoms with Crippen molar-refractivity contribution in [1.82, 2.24) is 5.32 Å². The van der Waals surface area contributed by atoms with Gasteiger partial charge in [0.25, 0.3) is 10.0 Å². The van der Waals surface area contributed by atoms with E-state index in [4.69, 9.17) is 10.6 Å². The molecule has 0 saturated carbocycles. The van der Waals surface area contributed by atoms with E-state index in [0.717, 1.165) is 22.8 Å². The Morgan fingerprint density at radius 1 is 1.06 bits per heavy atom. The highest BCUT2D eigenvalue weighted by Crippen LogP contribution is 2.32. The molecular weight excluding hydrogens is 410 g/mol. The van der Waals surface area contributed by atoms with Crippen molar-refractivity contribution in [3.05, 3.63) is 90.0 Å². The summed E-state index contributed by atoms with van der Waals surface area (Å²) in [6, 6.07) is 24.0. The number of rotatable bonds is 7. The van der Waals surface area contributed by atoms with Crippen LogP contribution in [-0.2, 0) is 16.4 Å². The molecule has 4 rings (SSSR count). The van der Waals surface area contributed by atoms with Gasteiger partial charge in [-0.3, -0.25) is 0 Å². The van der Waals surface area contributed by atoms with Gasteiger partial charge in [-0.25, -0.2) is 10.3 Å². The van der Waals surface area contributed by atoms with Crippen LogP contribution in [0.5, 0.6) is 5.75 Å². The van der Waals surface area contributed by atoms with E-state index in [0.29, 0.717) is 18.0 Å². The van der Waals surface area contributed by atoms with Crippen LogP contribution in [0, 0.1) is 0 Å². The topological polar surface area (TPSA) is 84.7 Å². The quantitative estimate of drug-likeness (QED) is 0.434. The van der Waals surface area contributed by atoms with E-state index in [1.54, 1.807) is 30.3 Å². The number of hydrogen-bond acceptors (Lipinski definition) is 5. The van der Waals surface area contributed by atoms with Crippen LogP contribution in [0.15, 0.2) is 83.8 Å². The number of hydrazine groups is 1. The lowest BCUT2D eigenvalue weighted by molar-refractivity contribution is 0.167. The van der Waals surface area contributed by atoms with Crippen molar-refractivity contribution >= 4 is 15.7 Å². The van der Waals surface area contributed by atoms with Gasteiger partial charge < -0.3 is 10.1 Å². The molecule has 0 aromatic heterocycles. The van der Waals surface area contributed by atoms with Crippen molar-refractivity contribution in [1.29, 1.82) is 0 Å². The minimum Gasteiger partial charge on any atom is -0.489 e. The molecule has 0 saturated heterocycles. The highest BCUT2D eigenvalue weighted by molar-refractivity contribution is 7.92. The second-order valence-corrected chi connectivity index (χ2v) is 9.54. The fraction of sp³-hybridized carbons (Fsp3) is 0.250. The molecule has 1 aliphatic rings. The van der Waals surface area contributed by atoms with Gasteiger partial charge in [0.15, 0.2) is 0 Å². The number of sulfonamides is 1. The average molecular weight is 438 g/mol. The third-order valence-electron chi connectivity index (χ3n) is 5.59. The molecular formula is C24H27N3O3S. The summed E-state index contributed by atoms with van der Waals surface area (Å²) in [6.45, 7) is 2.83. The zero-order chi connectivity index (χ0) is 21.8. The Kier molecular flexibility index (Phi) is 6.27. The number of nitrogens with one attached hydrogen (secondary N) is 1. The molecule has 6 nitrogen and oxygen atoms in total. The number of anilines is 1. The van der Waals surface area contributed by atoms with E-state index < -0.39 is 10.0 Å². The molecule has 3 N–H and O–H groups in total. The minimum absolute atomic E-state index is 0.00543. The summed E-state index contributed by atoms with van der Waals surface area (Å²) in [5.41, 5.74) is 2.65. The second kappa shape index (κ2) is 9.09. The van der Waals surface area contributed by atoms with Gasteiger partial charge in [-0.15, -0.1) is 0 Å². The molecule has 7 heteroatoms. The molecule has 3 aromatic rings. The van der Waals surface area contributed by atoms with Crippen molar-refractivity contribution in [2.75, 3.05) is 11.0 Å². The van der Waals surface area contributed by atoms with Gasteiger partial charge in [0, 0.05) is 18.7 Å². The van der Waals surface area contributed by atoms with Gasteiger partial charge >= 0.3 is 0 Å². The molecule has 3 aromatic carbocycles. The molecule has 1 aliphatic heterocycles. The van der Waals surface area contributed by atoms with E-state index in [1.807, 2.05) is 24.3 Å². The Morgan fingerprint density at radius 3 is 2.45 bits per heavy atom. The molecule has 0 unspecified atom stereocenters. The maximum atomic E-state index is 12.8. The van der Waals surface area contributed by atoms with Gasteiger partial charge in [0.2, 0.25) is 0 Å². The number of nitrogens with zero attached hydrogens (tertiary/aromatic N) is 1. The zero-order valence-electron chi connectivity index (χ0n) is 17.4. The number of benzene rings is 3. The first-order valence-electron chi connectivity index (χ1n) is 10.4. The summed E-state index contributed by atoms with van der Waals surface area (Å²) in [5.74, 6) is 6.69. The van der Waals surface area contributed by atoms with Gasteiger partial charge in [0.05, 0.1) is 10.6 Å². The maximum Gasteiger partial charge on any atom is 0.277 e. The molecule has 0 fully saturated rings. The van der Waals surface area contributed by atoms with Crippen molar-refractivity contribution in [2.24, 2.45) is 5.84 Å². The Hall–Kier alpha value is -2.87. The summed E-state index contributed by atoms with van der Waals surface area (Å²) in [7, 11) is -3.84. The Bertz CT molecular complexity index is 1120. The number of aryl methyl sites for hydroxylation is 1. The van der Waals surface area contributed by atoms with Crippen LogP contribution in [0.1, 0.15) is 30.5 Å². The number of ether oxygens (including phenoxy) is 1. The molecule has 1 heterocycles. The van der Waals surface area contributed by atoms with Crippen LogP contribution < -0.4 is 20.3 Å². The molecule has 0 bridgehead atoms. The zero-order valence-corrected chi connectivity index (χ0v) is 18.3. The summed E-state index contributed by atoms with van der Waals surface area (Å²) in [5, 5.41) is 3.53. The Labute approximate surface area is 183 Å². The van der Waals surface area contributed by atoms with E-state index in [2.05, 4.69) is 24.4 Å². The molecule has 162 valence electrons. The van der Waals surface area contributed by atoms with Gasteiger partial charge in [-0.2, -0.15) is 8.42 Å². The van der Waals surface area contributed by atoms with Gasteiger partial charge in [-0.05, 0) is 49.1 Å². The standard InChI is InChI=1S/C24H27N3O3S/c1-18(19-8-4-2-5-9-19)26-17-22-15-13-20-12-14-21(16-24(20)30-22)27(25)31(28,29)23-10-6-3-7-11-23/h2-12,14,16,18,22,26H,13,15,17,25H2,1H3/t18-,22+/m1/s1. The van der Waals surface area contributed by atoms with Crippen molar-refractivity contribution in [3.63, 3.8) is 0 Å². The summed E-state index contributed by atoms with van der Waals surface area (Å²) < 4.78 is 32.7. The third kappa shape index (κ3) is 4.74. The first kappa shape index (κ1) is 21.4. The number of fused-ring (bicyclic) bond motifs is 1. The Morgan fingerprint density at radius 2 is 1.74 bits per heavy atom. The van der Waals surface area contributed by atoms with E-state index in [-0.39, 0.29) is 17.0 Å². The van der Waals surface area contributed by atoms with Crippen LogP contribution in [0.3, 0.4) is 0 Å². The molecule has 0 aliphatic carbocycles. The highest BCUT2D eigenvalue weighted by atomic mass is 32.2. The Balaban J connectivity index is 1.45. The van der Waals surface area contributed by atoms with Crippen molar-refractivity contribution in [3.8, 4) is 5.75 Å². The van der Waals surface area contributed by atoms with E-state index in [1.165, 1.54) is 17.7 Å². The predicted molar refractivity (Wildman–Crippen MR) is 122 cm³/mol. The lowest BCUT2D eigenvalue weighted by atomic mass is 10.0. The third-order valence-corrected chi connectivity index (χ3v) is 7.18. The number of nitrogens with two attached hydrogens (primary N) is 1. The smallest absolute Gasteiger partial charge is 0.277 e. The fourth-order valence-electron chi connectivity index (χ4n) is 3.71. The first-order valence-corrected chi connectivity index (χ1v) is 11.8. The summed E-state index contributed by atoms with van der Waals surface area (Å²) >= 11 is 0. The lowest BCUT2D eigenvalue weighted by Gasteiger charge is -2.29. The maximum absolute atomic E-state index is 12.8.